The van der Waals surface area contributed by atoms with Crippen LogP contribution in [0.5, 0.6) is 0 Å². The first kappa shape index (κ1) is 19.0. The first-order valence-corrected chi connectivity index (χ1v) is 8.57. The Labute approximate surface area is 147 Å². The summed E-state index contributed by atoms with van der Waals surface area (Å²) in [5.41, 5.74) is 0.122. The fourth-order valence-electron chi connectivity index (χ4n) is 3.17. The summed E-state index contributed by atoms with van der Waals surface area (Å²) in [4.78, 5) is 39.1. The van der Waals surface area contributed by atoms with Crippen LogP contribution in [0.1, 0.15) is 48.6 Å². The van der Waals surface area contributed by atoms with E-state index >= 15 is 0 Å². The van der Waals surface area contributed by atoms with Crippen molar-refractivity contribution in [3.8, 4) is 0 Å². The molecule has 7 nitrogen and oxygen atoms in total. The minimum atomic E-state index is -1.04. The van der Waals surface area contributed by atoms with Gasteiger partial charge < -0.3 is 19.3 Å². The Morgan fingerprint density at radius 2 is 1.92 bits per heavy atom. The van der Waals surface area contributed by atoms with Crippen LogP contribution < -0.4 is 0 Å². The van der Waals surface area contributed by atoms with Crippen molar-refractivity contribution < 1.29 is 23.9 Å². The van der Waals surface area contributed by atoms with Gasteiger partial charge in [-0.15, -0.1) is 0 Å². The summed E-state index contributed by atoms with van der Waals surface area (Å²) in [6.07, 6.45) is 1.30. The number of aromatic carboxylic acids is 1. The maximum absolute atomic E-state index is 12.6. The predicted molar refractivity (Wildman–Crippen MR) is 91.0 cm³/mol. The van der Waals surface area contributed by atoms with Crippen molar-refractivity contribution in [2.24, 2.45) is 11.8 Å². The van der Waals surface area contributed by atoms with E-state index in [0.717, 1.165) is 0 Å². The Kier molecular flexibility index (Phi) is 5.87. The normalized spacial score (nSPS) is 15.5. The quantitative estimate of drug-likeness (QED) is 0.878. The number of carboxylic acids is 1. The molecule has 1 N–H and O–H groups in total. The molecule has 2 heterocycles. The van der Waals surface area contributed by atoms with E-state index in [1.165, 1.54) is 6.07 Å². The van der Waals surface area contributed by atoms with Crippen molar-refractivity contribution in [3.63, 3.8) is 0 Å². The number of hydrogen-bond acceptors (Lipinski definition) is 4. The third kappa shape index (κ3) is 4.41. The van der Waals surface area contributed by atoms with E-state index in [9.17, 15) is 14.4 Å². The molecule has 1 aliphatic heterocycles. The first-order valence-electron chi connectivity index (χ1n) is 8.57. The van der Waals surface area contributed by atoms with Gasteiger partial charge in [-0.2, -0.15) is 0 Å². The molecule has 0 bridgehead atoms. The number of carboxylic acid groups (broad SMARTS) is 1. The summed E-state index contributed by atoms with van der Waals surface area (Å²) in [6.45, 7) is 6.79. The SMILES string of the molecule is Cc1oc(CN(C)C(=O)C2CCN(C(=O)C(C)C)CC2)cc1C(=O)O. The Morgan fingerprint density at radius 3 is 2.40 bits per heavy atom. The Balaban J connectivity index is 1.92. The summed E-state index contributed by atoms with van der Waals surface area (Å²) in [7, 11) is 1.69. The summed E-state index contributed by atoms with van der Waals surface area (Å²) in [5.74, 6) is -0.253. The zero-order chi connectivity index (χ0) is 18.7. The summed E-state index contributed by atoms with van der Waals surface area (Å²) in [5, 5.41) is 9.06. The third-order valence-corrected chi connectivity index (χ3v) is 4.62. The summed E-state index contributed by atoms with van der Waals surface area (Å²) >= 11 is 0. The summed E-state index contributed by atoms with van der Waals surface area (Å²) < 4.78 is 5.43. The lowest BCUT2D eigenvalue weighted by molar-refractivity contribution is -0.141. The molecular weight excluding hydrogens is 324 g/mol. The summed E-state index contributed by atoms with van der Waals surface area (Å²) in [6, 6.07) is 1.46. The Hall–Kier alpha value is -2.31. The lowest BCUT2D eigenvalue weighted by atomic mass is 9.94. The van der Waals surface area contributed by atoms with Crippen molar-refractivity contribution in [2.75, 3.05) is 20.1 Å². The molecule has 138 valence electrons. The average molecular weight is 350 g/mol. The molecule has 1 saturated heterocycles. The second-order valence-corrected chi connectivity index (χ2v) is 6.94. The molecule has 0 unspecified atom stereocenters. The predicted octanol–water partition coefficient (Wildman–Crippen LogP) is 2.14. The highest BCUT2D eigenvalue weighted by Gasteiger charge is 2.30. The zero-order valence-corrected chi connectivity index (χ0v) is 15.2. The van der Waals surface area contributed by atoms with Crippen LogP contribution in [0.4, 0.5) is 0 Å². The largest absolute Gasteiger partial charge is 0.478 e. The number of piperidine rings is 1. The van der Waals surface area contributed by atoms with Crippen molar-refractivity contribution in [2.45, 2.75) is 40.2 Å². The highest BCUT2D eigenvalue weighted by molar-refractivity contribution is 5.88. The maximum Gasteiger partial charge on any atom is 0.339 e. The van der Waals surface area contributed by atoms with E-state index in [2.05, 4.69) is 0 Å². The minimum absolute atomic E-state index is 0.00238. The van der Waals surface area contributed by atoms with E-state index in [1.54, 1.807) is 18.9 Å². The van der Waals surface area contributed by atoms with Crippen molar-refractivity contribution in [3.05, 3.63) is 23.2 Å². The Morgan fingerprint density at radius 1 is 1.32 bits per heavy atom. The van der Waals surface area contributed by atoms with Crippen molar-refractivity contribution in [1.82, 2.24) is 9.80 Å². The van der Waals surface area contributed by atoms with Gasteiger partial charge in [0, 0.05) is 32.0 Å². The first-order chi connectivity index (χ1) is 11.7. The molecule has 0 atom stereocenters. The second kappa shape index (κ2) is 7.72. The van der Waals surface area contributed by atoms with Crippen LogP contribution in [0.3, 0.4) is 0 Å². The van der Waals surface area contributed by atoms with Gasteiger partial charge in [-0.1, -0.05) is 13.8 Å². The van der Waals surface area contributed by atoms with Gasteiger partial charge >= 0.3 is 5.97 Å². The van der Waals surface area contributed by atoms with Gasteiger partial charge in [-0.25, -0.2) is 4.79 Å². The van der Waals surface area contributed by atoms with Crippen LogP contribution in [0.25, 0.3) is 0 Å². The fraction of sp³-hybridized carbons (Fsp3) is 0.611. The number of carbonyl (C=O) groups excluding carboxylic acids is 2. The molecule has 1 aliphatic rings. The average Bonchev–Trinajstić information content (AvgIpc) is 2.94. The molecule has 0 aromatic carbocycles. The van der Waals surface area contributed by atoms with Crippen LogP contribution in [0, 0.1) is 18.8 Å². The van der Waals surface area contributed by atoms with Gasteiger partial charge in [0.1, 0.15) is 17.1 Å². The van der Waals surface area contributed by atoms with Crippen LogP contribution in [0.15, 0.2) is 10.5 Å². The molecule has 0 saturated carbocycles. The van der Waals surface area contributed by atoms with Crippen LogP contribution in [0.2, 0.25) is 0 Å². The third-order valence-electron chi connectivity index (χ3n) is 4.62. The van der Waals surface area contributed by atoms with Gasteiger partial charge in [0.2, 0.25) is 11.8 Å². The number of furan rings is 1. The molecule has 0 radical (unpaired) electrons. The molecule has 2 amide bonds. The highest BCUT2D eigenvalue weighted by Crippen LogP contribution is 2.22. The molecule has 1 aromatic rings. The van der Waals surface area contributed by atoms with Crippen molar-refractivity contribution >= 4 is 17.8 Å². The lowest BCUT2D eigenvalue weighted by Crippen LogP contribution is -2.44. The van der Waals surface area contributed by atoms with E-state index in [0.29, 0.717) is 37.5 Å². The van der Waals surface area contributed by atoms with Gasteiger partial charge in [-0.3, -0.25) is 9.59 Å². The highest BCUT2D eigenvalue weighted by atomic mass is 16.4. The zero-order valence-electron chi connectivity index (χ0n) is 15.2. The van der Waals surface area contributed by atoms with Gasteiger partial charge in [0.25, 0.3) is 0 Å². The molecule has 0 spiro atoms. The monoisotopic (exact) mass is 350 g/mol. The van der Waals surface area contributed by atoms with Gasteiger partial charge in [0.05, 0.1) is 6.54 Å². The molecule has 25 heavy (non-hydrogen) atoms. The maximum atomic E-state index is 12.6. The number of carbonyl (C=O) groups is 3. The number of hydrogen-bond donors (Lipinski definition) is 1. The van der Waals surface area contributed by atoms with E-state index in [1.807, 2.05) is 18.7 Å². The van der Waals surface area contributed by atoms with Crippen LogP contribution >= 0.6 is 0 Å². The minimum Gasteiger partial charge on any atom is -0.478 e. The van der Waals surface area contributed by atoms with Gasteiger partial charge in [0.15, 0.2) is 0 Å². The number of rotatable bonds is 5. The van der Waals surface area contributed by atoms with Crippen molar-refractivity contribution in [1.29, 1.82) is 0 Å². The molecule has 1 aromatic heterocycles. The van der Waals surface area contributed by atoms with Crippen LogP contribution in [-0.2, 0) is 16.1 Å². The number of amides is 2. The molecular formula is C18H26N2O5. The lowest BCUT2D eigenvalue weighted by Gasteiger charge is -2.34. The number of nitrogens with zero attached hydrogens (tertiary/aromatic N) is 2. The van der Waals surface area contributed by atoms with E-state index < -0.39 is 5.97 Å². The number of likely N-dealkylation sites (tertiary alicyclic amines) is 1. The van der Waals surface area contributed by atoms with E-state index in [4.69, 9.17) is 9.52 Å². The second-order valence-electron chi connectivity index (χ2n) is 6.94. The standard InChI is InChI=1S/C18H26N2O5/c1-11(2)16(21)20-7-5-13(6-8-20)17(22)19(4)10-14-9-15(18(23)24)12(3)25-14/h9,11,13H,5-8,10H2,1-4H3,(H,23,24). The van der Waals surface area contributed by atoms with Gasteiger partial charge in [-0.05, 0) is 25.8 Å². The molecule has 7 heteroatoms. The number of aryl methyl sites for hydroxylation is 1. The van der Waals surface area contributed by atoms with Crippen LogP contribution in [-0.4, -0.2) is 52.8 Å². The Bertz CT molecular complexity index is 656. The molecule has 2 rings (SSSR count). The topological polar surface area (TPSA) is 91.1 Å². The smallest absolute Gasteiger partial charge is 0.339 e. The van der Waals surface area contributed by atoms with E-state index in [-0.39, 0.29) is 35.8 Å². The molecule has 1 fully saturated rings. The fourth-order valence-corrected chi connectivity index (χ4v) is 3.17. The molecule has 0 aliphatic carbocycles.